The number of hydrogen-bond donors (Lipinski definition) is 0. The van der Waals surface area contributed by atoms with Gasteiger partial charge in [0.2, 0.25) is 0 Å². The minimum Gasteiger partial charge on any atom is -0.497 e. The lowest BCUT2D eigenvalue weighted by molar-refractivity contribution is 0.0716. The highest BCUT2D eigenvalue weighted by molar-refractivity contribution is 5.94. The summed E-state index contributed by atoms with van der Waals surface area (Å²) in [4.78, 5) is 33.6. The van der Waals surface area contributed by atoms with Gasteiger partial charge in [0, 0.05) is 12.6 Å². The molecule has 33 heavy (non-hydrogen) atoms. The minimum absolute atomic E-state index is 0.151. The molecule has 6 heteroatoms. The number of fused-ring (bicyclic) bond motifs is 1. The van der Waals surface area contributed by atoms with Crippen molar-refractivity contribution in [1.82, 2.24) is 14.5 Å². The Morgan fingerprint density at radius 2 is 1.82 bits per heavy atom. The third-order valence-electron chi connectivity index (χ3n) is 5.85. The monoisotopic (exact) mass is 441 g/mol. The molecule has 6 nitrogen and oxygen atoms in total. The van der Waals surface area contributed by atoms with Gasteiger partial charge in [0.1, 0.15) is 11.6 Å². The van der Waals surface area contributed by atoms with E-state index in [1.807, 2.05) is 56.3 Å². The van der Waals surface area contributed by atoms with Crippen LogP contribution in [0.5, 0.6) is 5.75 Å². The van der Waals surface area contributed by atoms with Crippen LogP contribution in [-0.2, 0) is 0 Å². The summed E-state index contributed by atoms with van der Waals surface area (Å²) in [6.45, 7) is 3.97. The summed E-state index contributed by atoms with van der Waals surface area (Å²) in [7, 11) is 3.32. The average Bonchev–Trinajstić information content (AvgIpc) is 2.84. The van der Waals surface area contributed by atoms with Gasteiger partial charge in [-0.2, -0.15) is 0 Å². The summed E-state index contributed by atoms with van der Waals surface area (Å²) in [5.41, 5.74) is 2.74. The first kappa shape index (κ1) is 22.3. The fourth-order valence-corrected chi connectivity index (χ4v) is 4.12. The molecule has 0 aliphatic carbocycles. The molecule has 0 spiro atoms. The lowest BCUT2D eigenvalue weighted by Crippen LogP contribution is -2.36. The third-order valence-corrected chi connectivity index (χ3v) is 5.85. The van der Waals surface area contributed by atoms with E-state index in [0.717, 1.165) is 11.3 Å². The molecule has 0 saturated heterocycles. The van der Waals surface area contributed by atoms with Crippen molar-refractivity contribution in [3.05, 3.63) is 100 Å². The standard InChI is InChI=1S/C27H27N3O3/c1-5-24(29(3)26(31)19-11-9-13-21(17-19)33-4)25-28-23-15-7-6-14-22(23)27(32)30(25)20-12-8-10-18(2)16-20/h6-17,24H,5H2,1-4H3. The smallest absolute Gasteiger partial charge is 0.266 e. The van der Waals surface area contributed by atoms with Crippen LogP contribution in [0.25, 0.3) is 16.6 Å². The molecule has 1 atom stereocenters. The molecule has 1 unspecified atom stereocenters. The summed E-state index contributed by atoms with van der Waals surface area (Å²) >= 11 is 0. The van der Waals surface area contributed by atoms with Crippen LogP contribution >= 0.6 is 0 Å². The zero-order valence-corrected chi connectivity index (χ0v) is 19.3. The molecule has 0 saturated carbocycles. The second kappa shape index (κ2) is 9.28. The molecule has 1 heterocycles. The van der Waals surface area contributed by atoms with Crippen LogP contribution in [0, 0.1) is 6.92 Å². The second-order valence-corrected chi connectivity index (χ2v) is 8.04. The van der Waals surface area contributed by atoms with Crippen LogP contribution < -0.4 is 10.3 Å². The first-order valence-corrected chi connectivity index (χ1v) is 10.9. The number of aryl methyl sites for hydroxylation is 1. The molecular formula is C27H27N3O3. The zero-order chi connectivity index (χ0) is 23.5. The van der Waals surface area contributed by atoms with Crippen molar-refractivity contribution < 1.29 is 9.53 Å². The number of para-hydroxylation sites is 1. The van der Waals surface area contributed by atoms with Gasteiger partial charge in [-0.25, -0.2) is 4.98 Å². The Bertz CT molecular complexity index is 1380. The number of hydrogen-bond acceptors (Lipinski definition) is 4. The van der Waals surface area contributed by atoms with Crippen molar-refractivity contribution >= 4 is 16.8 Å². The van der Waals surface area contributed by atoms with Crippen LogP contribution in [-0.4, -0.2) is 34.5 Å². The Balaban J connectivity index is 1.89. The molecule has 0 radical (unpaired) electrons. The molecule has 3 aromatic carbocycles. The Labute approximate surface area is 193 Å². The van der Waals surface area contributed by atoms with Crippen molar-refractivity contribution in [3.8, 4) is 11.4 Å². The molecule has 168 valence electrons. The zero-order valence-electron chi connectivity index (χ0n) is 19.3. The molecule has 0 aliphatic rings. The highest BCUT2D eigenvalue weighted by Gasteiger charge is 2.27. The number of rotatable bonds is 6. The predicted octanol–water partition coefficient (Wildman–Crippen LogP) is 4.93. The number of methoxy groups -OCH3 is 1. The van der Waals surface area contributed by atoms with E-state index < -0.39 is 6.04 Å². The Kier molecular flexibility index (Phi) is 6.27. The topological polar surface area (TPSA) is 64.4 Å². The molecular weight excluding hydrogens is 414 g/mol. The van der Waals surface area contributed by atoms with E-state index in [1.54, 1.807) is 54.0 Å². The van der Waals surface area contributed by atoms with Crippen LogP contribution in [0.4, 0.5) is 0 Å². The fraction of sp³-hybridized carbons (Fsp3) is 0.222. The van der Waals surface area contributed by atoms with E-state index in [9.17, 15) is 9.59 Å². The van der Waals surface area contributed by atoms with Crippen LogP contribution in [0.3, 0.4) is 0 Å². The maximum Gasteiger partial charge on any atom is 0.266 e. The van der Waals surface area contributed by atoms with E-state index in [1.165, 1.54) is 0 Å². The van der Waals surface area contributed by atoms with E-state index in [2.05, 4.69) is 0 Å². The van der Waals surface area contributed by atoms with Gasteiger partial charge in [0.15, 0.2) is 0 Å². The maximum absolute atomic E-state index is 13.6. The number of carbonyl (C=O) groups excluding carboxylic acids is 1. The molecule has 0 aliphatic heterocycles. The van der Waals surface area contributed by atoms with E-state index >= 15 is 0 Å². The molecule has 1 amide bonds. The Hall–Kier alpha value is -3.93. The highest BCUT2D eigenvalue weighted by Crippen LogP contribution is 2.27. The van der Waals surface area contributed by atoms with E-state index in [0.29, 0.717) is 34.5 Å². The maximum atomic E-state index is 13.6. The van der Waals surface area contributed by atoms with Crippen molar-refractivity contribution in [2.45, 2.75) is 26.3 Å². The highest BCUT2D eigenvalue weighted by atomic mass is 16.5. The Morgan fingerprint density at radius 3 is 2.55 bits per heavy atom. The van der Waals surface area contributed by atoms with Crippen LogP contribution in [0.15, 0.2) is 77.6 Å². The summed E-state index contributed by atoms with van der Waals surface area (Å²) in [6.07, 6.45) is 0.586. The lowest BCUT2D eigenvalue weighted by Gasteiger charge is -2.29. The van der Waals surface area contributed by atoms with Gasteiger partial charge in [0.05, 0.1) is 29.7 Å². The summed E-state index contributed by atoms with van der Waals surface area (Å²) in [5, 5.41) is 0.541. The number of carbonyl (C=O) groups is 1. The number of amides is 1. The van der Waals surface area contributed by atoms with E-state index in [4.69, 9.17) is 9.72 Å². The summed E-state index contributed by atoms with van der Waals surface area (Å²) < 4.78 is 6.92. The molecule has 0 N–H and O–H groups in total. The van der Waals surface area contributed by atoms with Gasteiger partial charge in [-0.1, -0.05) is 37.3 Å². The molecule has 0 bridgehead atoms. The normalized spacial score (nSPS) is 11.9. The van der Waals surface area contributed by atoms with Gasteiger partial charge in [-0.15, -0.1) is 0 Å². The van der Waals surface area contributed by atoms with Gasteiger partial charge in [-0.05, 0) is 61.4 Å². The van der Waals surface area contributed by atoms with Crippen LogP contribution in [0.1, 0.15) is 41.1 Å². The van der Waals surface area contributed by atoms with E-state index in [-0.39, 0.29) is 11.5 Å². The van der Waals surface area contributed by atoms with Crippen molar-refractivity contribution in [1.29, 1.82) is 0 Å². The fourth-order valence-electron chi connectivity index (χ4n) is 4.12. The third kappa shape index (κ3) is 4.24. The molecule has 4 aromatic rings. The van der Waals surface area contributed by atoms with Gasteiger partial charge in [0.25, 0.3) is 11.5 Å². The number of nitrogens with zero attached hydrogens (tertiary/aromatic N) is 3. The minimum atomic E-state index is -0.415. The average molecular weight is 442 g/mol. The predicted molar refractivity (Wildman–Crippen MR) is 130 cm³/mol. The van der Waals surface area contributed by atoms with Gasteiger partial charge < -0.3 is 9.64 Å². The second-order valence-electron chi connectivity index (χ2n) is 8.04. The first-order chi connectivity index (χ1) is 15.9. The lowest BCUT2D eigenvalue weighted by atomic mass is 10.1. The van der Waals surface area contributed by atoms with Gasteiger partial charge in [-0.3, -0.25) is 14.2 Å². The largest absolute Gasteiger partial charge is 0.497 e. The first-order valence-electron chi connectivity index (χ1n) is 10.9. The summed E-state index contributed by atoms with van der Waals surface area (Å²) in [5.74, 6) is 0.979. The molecule has 0 fully saturated rings. The number of ether oxygens (including phenoxy) is 1. The SMILES string of the molecule is CCC(c1nc2ccccc2c(=O)n1-c1cccc(C)c1)N(C)C(=O)c1cccc(OC)c1. The van der Waals surface area contributed by atoms with Crippen molar-refractivity contribution in [2.24, 2.45) is 0 Å². The molecule has 4 rings (SSSR count). The van der Waals surface area contributed by atoms with Crippen LogP contribution in [0.2, 0.25) is 0 Å². The van der Waals surface area contributed by atoms with Crippen molar-refractivity contribution in [3.63, 3.8) is 0 Å². The number of aromatic nitrogens is 2. The van der Waals surface area contributed by atoms with Gasteiger partial charge >= 0.3 is 0 Å². The van der Waals surface area contributed by atoms with Crippen molar-refractivity contribution in [2.75, 3.05) is 14.2 Å². The molecule has 1 aromatic heterocycles. The number of benzene rings is 3. The quantitative estimate of drug-likeness (QED) is 0.426. The Morgan fingerprint density at radius 1 is 1.06 bits per heavy atom. The summed E-state index contributed by atoms with van der Waals surface area (Å²) in [6, 6.07) is 21.7.